The molecule has 0 radical (unpaired) electrons. The second-order valence-electron chi connectivity index (χ2n) is 1.98. The van der Waals surface area contributed by atoms with Crippen LogP contribution in [0.3, 0.4) is 0 Å². The van der Waals surface area contributed by atoms with Crippen molar-refractivity contribution in [2.45, 2.75) is 47.0 Å². The topological polar surface area (TPSA) is 17.1 Å². The normalized spacial score (nSPS) is 6.18. The van der Waals surface area contributed by atoms with Crippen LogP contribution in [0.2, 0.25) is 0 Å². The molecule has 0 atom stereocenters. The van der Waals surface area contributed by atoms with Crippen LogP contribution < -0.4 is 0 Å². The zero-order chi connectivity index (χ0) is 9.54. The van der Waals surface area contributed by atoms with E-state index < -0.39 is 0 Å². The largest absolute Gasteiger partial charge is 0.303 e. The van der Waals surface area contributed by atoms with Gasteiger partial charge in [0, 0.05) is 6.42 Å². The molecule has 0 heterocycles. The molecule has 0 aliphatic carbocycles. The number of carbonyl (C=O) groups excluding carboxylic acids is 1. The van der Waals surface area contributed by atoms with Gasteiger partial charge in [0.15, 0.2) is 0 Å². The highest BCUT2D eigenvalue weighted by molar-refractivity contribution is 5.48. The Morgan fingerprint density at radius 1 is 1.09 bits per heavy atom. The smallest absolute Gasteiger partial charge is 0.119 e. The first kappa shape index (κ1) is 16.8. The van der Waals surface area contributed by atoms with Gasteiger partial charge >= 0.3 is 0 Å². The molecular formula is C10H22O. The molecule has 1 heteroatoms. The fraction of sp³-hybridized carbons (Fsp3) is 0.700. The van der Waals surface area contributed by atoms with Crippen molar-refractivity contribution in [1.29, 1.82) is 0 Å². The Morgan fingerprint density at radius 3 is 1.27 bits per heavy atom. The Labute approximate surface area is 71.5 Å². The molecule has 0 unspecified atom stereocenters. The monoisotopic (exact) mass is 158 g/mol. The summed E-state index contributed by atoms with van der Waals surface area (Å²) in [6.07, 6.45) is 5.72. The van der Waals surface area contributed by atoms with Crippen LogP contribution in [0.1, 0.15) is 47.0 Å². The molecule has 0 aromatic heterocycles. The maximum atomic E-state index is 9.17. The number of rotatable bonds is 2. The molecule has 0 spiro atoms. The van der Waals surface area contributed by atoms with E-state index in [-0.39, 0.29) is 0 Å². The SMILES string of the molecule is C=CCC.CCC.CCC=O. The average molecular weight is 158 g/mol. The van der Waals surface area contributed by atoms with Gasteiger partial charge in [0.2, 0.25) is 0 Å². The van der Waals surface area contributed by atoms with E-state index in [4.69, 9.17) is 0 Å². The molecule has 0 saturated heterocycles. The zero-order valence-electron chi connectivity index (χ0n) is 8.39. The maximum Gasteiger partial charge on any atom is 0.119 e. The molecule has 0 amide bonds. The number of hydrogen-bond acceptors (Lipinski definition) is 1. The van der Waals surface area contributed by atoms with Gasteiger partial charge in [-0.1, -0.05) is 40.2 Å². The van der Waals surface area contributed by atoms with Crippen LogP contribution >= 0.6 is 0 Å². The standard InChI is InChI=1S/C4H8.C3H6O.C3H8/c1-3-4-2;1-2-3-4;1-3-2/h3H,1,4H2,2H3;3H,2H2,1H3;3H2,1-2H3. The van der Waals surface area contributed by atoms with Crippen LogP contribution in [0.25, 0.3) is 0 Å². The minimum Gasteiger partial charge on any atom is -0.303 e. The molecule has 68 valence electrons. The van der Waals surface area contributed by atoms with Crippen molar-refractivity contribution in [3.63, 3.8) is 0 Å². The van der Waals surface area contributed by atoms with Crippen molar-refractivity contribution >= 4 is 6.29 Å². The quantitative estimate of drug-likeness (QED) is 0.443. The second-order valence-corrected chi connectivity index (χ2v) is 1.98. The van der Waals surface area contributed by atoms with E-state index in [9.17, 15) is 4.79 Å². The summed E-state index contributed by atoms with van der Waals surface area (Å²) >= 11 is 0. The molecule has 0 aromatic carbocycles. The highest BCUT2D eigenvalue weighted by Gasteiger charge is 1.52. The molecule has 0 aromatic rings. The lowest BCUT2D eigenvalue weighted by atomic mass is 10.5. The van der Waals surface area contributed by atoms with Gasteiger partial charge in [0.25, 0.3) is 0 Å². The van der Waals surface area contributed by atoms with E-state index in [0.717, 1.165) is 12.7 Å². The molecular weight excluding hydrogens is 136 g/mol. The summed E-state index contributed by atoms with van der Waals surface area (Å²) < 4.78 is 0. The van der Waals surface area contributed by atoms with Gasteiger partial charge in [0.1, 0.15) is 6.29 Å². The second kappa shape index (κ2) is 34.2. The number of carbonyl (C=O) groups is 1. The summed E-state index contributed by atoms with van der Waals surface area (Å²) in [5.41, 5.74) is 0. The fourth-order valence-electron chi connectivity index (χ4n) is 0. The van der Waals surface area contributed by atoms with Crippen molar-refractivity contribution in [1.82, 2.24) is 0 Å². The summed E-state index contributed by atoms with van der Waals surface area (Å²) in [5.74, 6) is 0. The van der Waals surface area contributed by atoms with Gasteiger partial charge in [-0.25, -0.2) is 0 Å². The van der Waals surface area contributed by atoms with Crippen molar-refractivity contribution in [3.8, 4) is 0 Å². The van der Waals surface area contributed by atoms with Crippen LogP contribution in [0, 0.1) is 0 Å². The first-order valence-electron chi connectivity index (χ1n) is 4.29. The molecule has 0 bridgehead atoms. The molecule has 0 aliphatic rings. The number of hydrogen-bond donors (Lipinski definition) is 0. The summed E-state index contributed by atoms with van der Waals surface area (Å²) in [4.78, 5) is 9.17. The van der Waals surface area contributed by atoms with Crippen molar-refractivity contribution < 1.29 is 4.79 Å². The lowest BCUT2D eigenvalue weighted by Gasteiger charge is -1.57. The zero-order valence-corrected chi connectivity index (χ0v) is 8.39. The van der Waals surface area contributed by atoms with E-state index in [1.807, 2.05) is 13.0 Å². The average Bonchev–Trinajstić information content (AvgIpc) is 2.06. The van der Waals surface area contributed by atoms with Crippen LogP contribution in [0.5, 0.6) is 0 Å². The lowest BCUT2D eigenvalue weighted by molar-refractivity contribution is -0.107. The van der Waals surface area contributed by atoms with Crippen molar-refractivity contribution in [2.24, 2.45) is 0 Å². The Balaban J connectivity index is -0.0000000886. The fourth-order valence-corrected chi connectivity index (χ4v) is 0. The van der Waals surface area contributed by atoms with E-state index in [1.54, 1.807) is 0 Å². The van der Waals surface area contributed by atoms with Crippen molar-refractivity contribution in [2.75, 3.05) is 0 Å². The predicted molar refractivity (Wildman–Crippen MR) is 52.8 cm³/mol. The molecule has 0 aliphatic heterocycles. The third-order valence-electron chi connectivity index (χ3n) is 0.455. The Kier molecular flexibility index (Phi) is 52.2. The Hall–Kier alpha value is -0.590. The Morgan fingerprint density at radius 2 is 1.27 bits per heavy atom. The minimum absolute atomic E-state index is 0.639. The summed E-state index contributed by atoms with van der Waals surface area (Å²) in [7, 11) is 0. The summed E-state index contributed by atoms with van der Waals surface area (Å²) in [6.45, 7) is 11.6. The number of aldehydes is 1. The first-order valence-corrected chi connectivity index (χ1v) is 4.29. The van der Waals surface area contributed by atoms with Crippen LogP contribution in [0.4, 0.5) is 0 Å². The third kappa shape index (κ3) is 260. The van der Waals surface area contributed by atoms with E-state index in [1.165, 1.54) is 6.42 Å². The first-order chi connectivity index (χ1) is 5.24. The lowest BCUT2D eigenvalue weighted by Crippen LogP contribution is -1.55. The molecule has 0 rings (SSSR count). The van der Waals surface area contributed by atoms with E-state index in [2.05, 4.69) is 27.4 Å². The molecule has 1 nitrogen and oxygen atoms in total. The third-order valence-corrected chi connectivity index (χ3v) is 0.455. The maximum absolute atomic E-state index is 9.17. The highest BCUT2D eigenvalue weighted by Crippen LogP contribution is 1.66. The van der Waals surface area contributed by atoms with Gasteiger partial charge in [-0.2, -0.15) is 0 Å². The predicted octanol–water partition coefficient (Wildman–Crippen LogP) is 3.59. The van der Waals surface area contributed by atoms with Crippen LogP contribution in [-0.2, 0) is 4.79 Å². The molecule has 11 heavy (non-hydrogen) atoms. The summed E-state index contributed by atoms with van der Waals surface area (Å²) in [6, 6.07) is 0. The van der Waals surface area contributed by atoms with E-state index in [0.29, 0.717) is 6.42 Å². The minimum atomic E-state index is 0.639. The van der Waals surface area contributed by atoms with Gasteiger partial charge < -0.3 is 4.79 Å². The van der Waals surface area contributed by atoms with Crippen molar-refractivity contribution in [3.05, 3.63) is 12.7 Å². The van der Waals surface area contributed by atoms with Gasteiger partial charge in [0.05, 0.1) is 0 Å². The number of allylic oxidation sites excluding steroid dienone is 1. The van der Waals surface area contributed by atoms with E-state index >= 15 is 0 Å². The van der Waals surface area contributed by atoms with Crippen LogP contribution in [-0.4, -0.2) is 6.29 Å². The summed E-state index contributed by atoms with van der Waals surface area (Å²) in [5, 5.41) is 0. The molecule has 0 fully saturated rings. The van der Waals surface area contributed by atoms with Crippen LogP contribution in [0.15, 0.2) is 12.7 Å². The Bertz CT molecular complexity index is 49.9. The van der Waals surface area contributed by atoms with Gasteiger partial charge in [-0.3, -0.25) is 0 Å². The van der Waals surface area contributed by atoms with Gasteiger partial charge in [-0.15, -0.1) is 6.58 Å². The molecule has 0 saturated carbocycles. The van der Waals surface area contributed by atoms with Gasteiger partial charge in [-0.05, 0) is 6.42 Å². The molecule has 0 N–H and O–H groups in total. The highest BCUT2D eigenvalue weighted by atomic mass is 16.1.